The Morgan fingerprint density at radius 1 is 0.853 bits per heavy atom. The number of anilines is 2. The van der Waals surface area contributed by atoms with Gasteiger partial charge in [0.1, 0.15) is 5.75 Å². The zero-order valence-corrected chi connectivity index (χ0v) is 19.4. The van der Waals surface area contributed by atoms with E-state index in [9.17, 15) is 9.59 Å². The summed E-state index contributed by atoms with van der Waals surface area (Å²) in [5, 5.41) is 8.77. The zero-order valence-electron chi connectivity index (χ0n) is 19.4. The predicted octanol–water partition coefficient (Wildman–Crippen LogP) is 4.13. The highest BCUT2D eigenvalue weighted by molar-refractivity contribution is 5.96. The number of nitrogens with one attached hydrogen (secondary N) is 3. The van der Waals surface area contributed by atoms with Gasteiger partial charge in [-0.05, 0) is 48.4 Å². The van der Waals surface area contributed by atoms with Crippen molar-refractivity contribution in [1.29, 1.82) is 0 Å². The molecule has 0 saturated carbocycles. The first-order valence-corrected chi connectivity index (χ1v) is 11.3. The zero-order chi connectivity index (χ0) is 24.0. The number of benzene rings is 3. The first-order valence-electron chi connectivity index (χ1n) is 11.3. The van der Waals surface area contributed by atoms with Crippen LogP contribution < -0.4 is 20.7 Å². The first-order chi connectivity index (χ1) is 16.6. The fraction of sp³-hybridized carbons (Fsp3) is 0.259. The molecule has 3 rings (SSSR count). The Balaban J connectivity index is 1.40. The number of ether oxygens (including phenoxy) is 2. The quantitative estimate of drug-likeness (QED) is 0.333. The fourth-order valence-electron chi connectivity index (χ4n) is 3.24. The highest BCUT2D eigenvalue weighted by Gasteiger charge is 2.07. The van der Waals surface area contributed by atoms with Crippen LogP contribution >= 0.6 is 0 Å². The maximum Gasteiger partial charge on any atom is 0.251 e. The molecule has 2 amide bonds. The van der Waals surface area contributed by atoms with Gasteiger partial charge in [-0.15, -0.1) is 0 Å². The molecule has 34 heavy (non-hydrogen) atoms. The van der Waals surface area contributed by atoms with Gasteiger partial charge >= 0.3 is 0 Å². The largest absolute Gasteiger partial charge is 0.493 e. The normalized spacial score (nSPS) is 10.4. The number of rotatable bonds is 13. The number of amides is 2. The third-order valence-electron chi connectivity index (χ3n) is 5.03. The van der Waals surface area contributed by atoms with Crippen molar-refractivity contribution in [1.82, 2.24) is 5.32 Å². The van der Waals surface area contributed by atoms with Gasteiger partial charge in [-0.2, -0.15) is 0 Å². The number of hydrogen-bond acceptors (Lipinski definition) is 5. The molecular formula is C27H31N3O4. The molecule has 3 aromatic rings. The van der Waals surface area contributed by atoms with Crippen molar-refractivity contribution in [2.75, 3.05) is 44.0 Å². The Labute approximate surface area is 200 Å². The second-order valence-electron chi connectivity index (χ2n) is 7.69. The van der Waals surface area contributed by atoms with Gasteiger partial charge in [-0.1, -0.05) is 36.4 Å². The average Bonchev–Trinajstić information content (AvgIpc) is 2.87. The molecule has 7 heteroatoms. The third-order valence-corrected chi connectivity index (χ3v) is 5.03. The fourth-order valence-corrected chi connectivity index (χ4v) is 3.24. The number of carbonyl (C=O) groups is 2. The van der Waals surface area contributed by atoms with Crippen LogP contribution in [0.1, 0.15) is 22.3 Å². The maximum absolute atomic E-state index is 12.3. The standard InChI is InChI=1S/C27H31N3O4/c1-33-17-6-16-28-27(32)22-11-13-23(14-12-22)30-26(31)20-29-24-9-5-10-25(19-24)34-18-15-21-7-3-2-4-8-21/h2-5,7-14,19,29H,6,15-18,20H2,1H3,(H,28,32)(H,30,31). The molecule has 0 aliphatic rings. The van der Waals surface area contributed by atoms with E-state index in [1.54, 1.807) is 31.4 Å². The van der Waals surface area contributed by atoms with Crippen LogP contribution in [0.3, 0.4) is 0 Å². The van der Waals surface area contributed by atoms with Crippen LogP contribution in [0.2, 0.25) is 0 Å². The van der Waals surface area contributed by atoms with Crippen LogP contribution in [-0.2, 0) is 16.0 Å². The lowest BCUT2D eigenvalue weighted by atomic mass is 10.2. The van der Waals surface area contributed by atoms with Gasteiger partial charge in [0.15, 0.2) is 0 Å². The molecule has 0 aliphatic heterocycles. The molecule has 0 spiro atoms. The van der Waals surface area contributed by atoms with Crippen LogP contribution in [0.15, 0.2) is 78.9 Å². The molecule has 3 N–H and O–H groups in total. The van der Waals surface area contributed by atoms with E-state index in [0.717, 1.165) is 24.3 Å². The van der Waals surface area contributed by atoms with Crippen molar-refractivity contribution >= 4 is 23.2 Å². The molecule has 0 radical (unpaired) electrons. The summed E-state index contributed by atoms with van der Waals surface area (Å²) in [7, 11) is 1.63. The molecule has 0 atom stereocenters. The molecule has 178 valence electrons. The number of methoxy groups -OCH3 is 1. The van der Waals surface area contributed by atoms with Crippen molar-refractivity contribution in [3.8, 4) is 5.75 Å². The third kappa shape index (κ3) is 8.60. The highest BCUT2D eigenvalue weighted by atomic mass is 16.5. The van der Waals surface area contributed by atoms with Gasteiger partial charge in [0.2, 0.25) is 5.91 Å². The Morgan fingerprint density at radius 3 is 2.41 bits per heavy atom. The summed E-state index contributed by atoms with van der Waals surface area (Å²) in [6.45, 7) is 1.84. The molecule has 0 unspecified atom stereocenters. The number of hydrogen-bond donors (Lipinski definition) is 3. The average molecular weight is 462 g/mol. The molecule has 0 saturated heterocycles. The van der Waals surface area contributed by atoms with Gasteiger partial charge < -0.3 is 25.4 Å². The maximum atomic E-state index is 12.3. The van der Waals surface area contributed by atoms with Crippen LogP contribution in [0.5, 0.6) is 5.75 Å². The first kappa shape index (κ1) is 24.8. The van der Waals surface area contributed by atoms with E-state index in [-0.39, 0.29) is 18.4 Å². The SMILES string of the molecule is COCCCNC(=O)c1ccc(NC(=O)CNc2cccc(OCCc3ccccc3)c2)cc1. The molecule has 0 fully saturated rings. The van der Waals surface area contributed by atoms with Gasteiger partial charge in [0, 0.05) is 49.7 Å². The minimum atomic E-state index is -0.188. The van der Waals surface area contributed by atoms with Crippen molar-refractivity contribution in [2.45, 2.75) is 12.8 Å². The van der Waals surface area contributed by atoms with E-state index in [0.29, 0.717) is 31.0 Å². The lowest BCUT2D eigenvalue weighted by molar-refractivity contribution is -0.114. The Hall–Kier alpha value is -3.84. The Morgan fingerprint density at radius 2 is 1.65 bits per heavy atom. The van der Waals surface area contributed by atoms with Crippen LogP contribution in [0.25, 0.3) is 0 Å². The summed E-state index contributed by atoms with van der Waals surface area (Å²) < 4.78 is 10.8. The van der Waals surface area contributed by atoms with Gasteiger partial charge in [0.05, 0.1) is 13.2 Å². The summed E-state index contributed by atoms with van der Waals surface area (Å²) in [6.07, 6.45) is 1.58. The lowest BCUT2D eigenvalue weighted by Crippen LogP contribution is -2.25. The van der Waals surface area contributed by atoms with E-state index >= 15 is 0 Å². The summed E-state index contributed by atoms with van der Waals surface area (Å²) in [5.41, 5.74) is 3.19. The molecule has 7 nitrogen and oxygen atoms in total. The Kier molecular flexibility index (Phi) is 9.95. The van der Waals surface area contributed by atoms with E-state index < -0.39 is 0 Å². The van der Waals surface area contributed by atoms with Crippen LogP contribution in [0.4, 0.5) is 11.4 Å². The van der Waals surface area contributed by atoms with E-state index in [1.165, 1.54) is 5.56 Å². The summed E-state index contributed by atoms with van der Waals surface area (Å²) >= 11 is 0. The second-order valence-corrected chi connectivity index (χ2v) is 7.69. The smallest absolute Gasteiger partial charge is 0.251 e. The van der Waals surface area contributed by atoms with Gasteiger partial charge in [-0.25, -0.2) is 0 Å². The summed E-state index contributed by atoms with van der Waals surface area (Å²) in [6, 6.07) is 24.5. The van der Waals surface area contributed by atoms with E-state index in [4.69, 9.17) is 9.47 Å². The number of carbonyl (C=O) groups excluding carboxylic acids is 2. The van der Waals surface area contributed by atoms with Gasteiger partial charge in [0.25, 0.3) is 5.91 Å². The topological polar surface area (TPSA) is 88.7 Å². The Bertz CT molecular complexity index is 1040. The van der Waals surface area contributed by atoms with Gasteiger partial charge in [-0.3, -0.25) is 9.59 Å². The predicted molar refractivity (Wildman–Crippen MR) is 134 cm³/mol. The molecule has 0 heterocycles. The molecular weight excluding hydrogens is 430 g/mol. The van der Waals surface area contributed by atoms with Crippen molar-refractivity contribution in [2.24, 2.45) is 0 Å². The minimum Gasteiger partial charge on any atom is -0.493 e. The van der Waals surface area contributed by atoms with Crippen molar-refractivity contribution in [3.63, 3.8) is 0 Å². The molecule has 0 aromatic heterocycles. The van der Waals surface area contributed by atoms with Crippen molar-refractivity contribution < 1.29 is 19.1 Å². The molecule has 3 aromatic carbocycles. The minimum absolute atomic E-state index is 0.106. The summed E-state index contributed by atoms with van der Waals surface area (Å²) in [4.78, 5) is 24.4. The lowest BCUT2D eigenvalue weighted by Gasteiger charge is -2.11. The highest BCUT2D eigenvalue weighted by Crippen LogP contribution is 2.18. The molecule has 0 aliphatic carbocycles. The van der Waals surface area contributed by atoms with Crippen molar-refractivity contribution in [3.05, 3.63) is 90.0 Å². The summed E-state index contributed by atoms with van der Waals surface area (Å²) in [5.74, 6) is 0.408. The van der Waals surface area contributed by atoms with E-state index in [2.05, 4.69) is 28.1 Å². The second kappa shape index (κ2) is 13.6. The van der Waals surface area contributed by atoms with Crippen LogP contribution in [-0.4, -0.2) is 45.2 Å². The van der Waals surface area contributed by atoms with E-state index in [1.807, 2.05) is 42.5 Å². The monoisotopic (exact) mass is 461 g/mol. The molecule has 0 bridgehead atoms. The van der Waals surface area contributed by atoms with Crippen LogP contribution in [0, 0.1) is 0 Å².